The normalized spacial score (nSPS) is 23.5. The third-order valence-electron chi connectivity index (χ3n) is 4.58. The maximum absolute atomic E-state index is 3.64. The summed E-state index contributed by atoms with van der Waals surface area (Å²) in [7, 11) is 0. The maximum atomic E-state index is 3.64. The molecule has 1 N–H and O–H groups in total. The van der Waals surface area contributed by atoms with Crippen molar-refractivity contribution in [1.82, 2.24) is 5.32 Å². The minimum atomic E-state index is 0.776. The lowest BCUT2D eigenvalue weighted by molar-refractivity contribution is 0.295. The molecule has 0 aliphatic heterocycles. The van der Waals surface area contributed by atoms with E-state index in [1.54, 1.807) is 5.56 Å². The van der Waals surface area contributed by atoms with Crippen molar-refractivity contribution in [2.45, 2.75) is 58.8 Å². The van der Waals surface area contributed by atoms with Gasteiger partial charge in [-0.3, -0.25) is 0 Å². The van der Waals surface area contributed by atoms with Crippen molar-refractivity contribution < 1.29 is 0 Å². The van der Waals surface area contributed by atoms with Crippen molar-refractivity contribution in [2.24, 2.45) is 5.92 Å². The van der Waals surface area contributed by atoms with Crippen LogP contribution in [0, 0.1) is 19.8 Å². The molecule has 1 aromatic rings. The minimum absolute atomic E-state index is 0.776. The summed E-state index contributed by atoms with van der Waals surface area (Å²) >= 11 is 0. The summed E-state index contributed by atoms with van der Waals surface area (Å²) in [4.78, 5) is 0. The van der Waals surface area contributed by atoms with Gasteiger partial charge in [0, 0.05) is 0 Å². The number of aryl methyl sites for hydroxylation is 2. The summed E-state index contributed by atoms with van der Waals surface area (Å²) in [6.45, 7) is 9.11. The van der Waals surface area contributed by atoms with Gasteiger partial charge in [0.2, 0.25) is 0 Å². The van der Waals surface area contributed by atoms with E-state index in [0.717, 1.165) is 18.4 Å². The summed E-state index contributed by atoms with van der Waals surface area (Å²) in [5.41, 5.74) is 4.51. The number of hydrogen-bond donors (Lipinski definition) is 1. The van der Waals surface area contributed by atoms with Crippen LogP contribution in [0.4, 0.5) is 0 Å². The van der Waals surface area contributed by atoms with Crippen LogP contribution in [0.3, 0.4) is 0 Å². The average molecular weight is 259 g/mol. The van der Waals surface area contributed by atoms with E-state index in [9.17, 15) is 0 Å². The lowest BCUT2D eigenvalue weighted by Gasteiger charge is -2.33. The fourth-order valence-corrected chi connectivity index (χ4v) is 3.49. The Bertz CT molecular complexity index is 397. The molecule has 1 saturated carbocycles. The molecular formula is C18H29N. The summed E-state index contributed by atoms with van der Waals surface area (Å²) in [6.07, 6.45) is 6.83. The Balaban J connectivity index is 2.11. The number of nitrogens with one attached hydrogen (secondary N) is 1. The summed E-state index contributed by atoms with van der Waals surface area (Å²) in [6, 6.07) is 6.97. The van der Waals surface area contributed by atoms with Gasteiger partial charge < -0.3 is 5.32 Å². The zero-order chi connectivity index (χ0) is 13.7. The van der Waals surface area contributed by atoms with E-state index >= 15 is 0 Å². The van der Waals surface area contributed by atoms with E-state index < -0.39 is 0 Å². The molecule has 0 spiro atoms. The van der Waals surface area contributed by atoms with Crippen LogP contribution in [0.15, 0.2) is 18.2 Å². The third kappa shape index (κ3) is 3.82. The van der Waals surface area contributed by atoms with Gasteiger partial charge in [0.15, 0.2) is 0 Å². The standard InChI is InChI=1S/C18H29N/c1-4-11-19-13-16-7-5-6-8-17(16)18-12-14(2)9-10-15(18)3/h9-10,12,16-17,19H,4-8,11,13H2,1-3H3. The Morgan fingerprint density at radius 3 is 2.74 bits per heavy atom. The first-order valence-electron chi connectivity index (χ1n) is 8.00. The van der Waals surface area contributed by atoms with E-state index in [1.165, 1.54) is 49.8 Å². The maximum Gasteiger partial charge on any atom is -0.00147 e. The van der Waals surface area contributed by atoms with Gasteiger partial charge in [-0.25, -0.2) is 0 Å². The third-order valence-corrected chi connectivity index (χ3v) is 4.58. The van der Waals surface area contributed by atoms with Gasteiger partial charge in [-0.1, -0.05) is 43.5 Å². The van der Waals surface area contributed by atoms with Crippen molar-refractivity contribution in [3.05, 3.63) is 34.9 Å². The Labute approximate surface area is 118 Å². The molecule has 0 aromatic heterocycles. The van der Waals surface area contributed by atoms with Crippen LogP contribution in [0.2, 0.25) is 0 Å². The molecule has 1 nitrogen and oxygen atoms in total. The quantitative estimate of drug-likeness (QED) is 0.763. The van der Waals surface area contributed by atoms with E-state index in [4.69, 9.17) is 0 Å². The van der Waals surface area contributed by atoms with Crippen LogP contribution in [0.1, 0.15) is 61.6 Å². The van der Waals surface area contributed by atoms with Gasteiger partial charge in [0.05, 0.1) is 0 Å². The molecule has 1 fully saturated rings. The molecule has 0 bridgehead atoms. The minimum Gasteiger partial charge on any atom is -0.316 e. The van der Waals surface area contributed by atoms with Crippen molar-refractivity contribution in [1.29, 1.82) is 0 Å². The van der Waals surface area contributed by atoms with Crippen molar-refractivity contribution in [2.75, 3.05) is 13.1 Å². The lowest BCUT2D eigenvalue weighted by Crippen LogP contribution is -2.30. The first-order chi connectivity index (χ1) is 9.22. The Kier molecular flexibility index (Phi) is 5.45. The second-order valence-corrected chi connectivity index (χ2v) is 6.22. The number of hydrogen-bond acceptors (Lipinski definition) is 1. The van der Waals surface area contributed by atoms with Crippen LogP contribution >= 0.6 is 0 Å². The van der Waals surface area contributed by atoms with Crippen LogP contribution in [-0.4, -0.2) is 13.1 Å². The first kappa shape index (κ1) is 14.6. The van der Waals surface area contributed by atoms with Gasteiger partial charge in [0.1, 0.15) is 0 Å². The van der Waals surface area contributed by atoms with E-state index in [1.807, 2.05) is 0 Å². The topological polar surface area (TPSA) is 12.0 Å². The average Bonchev–Trinajstić information content (AvgIpc) is 2.42. The second kappa shape index (κ2) is 7.09. The molecule has 1 heteroatoms. The molecule has 0 saturated heterocycles. The first-order valence-corrected chi connectivity index (χ1v) is 8.00. The van der Waals surface area contributed by atoms with Crippen LogP contribution in [0.5, 0.6) is 0 Å². The zero-order valence-corrected chi connectivity index (χ0v) is 12.8. The Morgan fingerprint density at radius 1 is 1.16 bits per heavy atom. The van der Waals surface area contributed by atoms with E-state index in [0.29, 0.717) is 0 Å². The highest BCUT2D eigenvalue weighted by Gasteiger charge is 2.27. The summed E-state index contributed by atoms with van der Waals surface area (Å²) in [5, 5.41) is 3.64. The highest BCUT2D eigenvalue weighted by molar-refractivity contribution is 5.34. The van der Waals surface area contributed by atoms with Crippen LogP contribution in [0.25, 0.3) is 0 Å². The molecule has 0 heterocycles. The van der Waals surface area contributed by atoms with E-state index in [2.05, 4.69) is 44.3 Å². The van der Waals surface area contributed by atoms with Gasteiger partial charge >= 0.3 is 0 Å². The van der Waals surface area contributed by atoms with Gasteiger partial charge in [-0.2, -0.15) is 0 Å². The fraction of sp³-hybridized carbons (Fsp3) is 0.667. The number of rotatable bonds is 5. The molecule has 106 valence electrons. The molecule has 0 radical (unpaired) electrons. The SMILES string of the molecule is CCCNCC1CCCCC1c1cc(C)ccc1C. The molecule has 2 atom stereocenters. The van der Waals surface area contributed by atoms with Gasteiger partial charge in [0.25, 0.3) is 0 Å². The molecule has 2 rings (SSSR count). The molecular weight excluding hydrogens is 230 g/mol. The predicted octanol–water partition coefficient (Wildman–Crippen LogP) is 4.58. The van der Waals surface area contributed by atoms with Gasteiger partial charge in [-0.15, -0.1) is 0 Å². The Morgan fingerprint density at radius 2 is 1.95 bits per heavy atom. The monoisotopic (exact) mass is 259 g/mol. The number of benzene rings is 1. The lowest BCUT2D eigenvalue weighted by atomic mass is 9.74. The fourth-order valence-electron chi connectivity index (χ4n) is 3.49. The second-order valence-electron chi connectivity index (χ2n) is 6.22. The van der Waals surface area contributed by atoms with Crippen molar-refractivity contribution in [3.8, 4) is 0 Å². The largest absolute Gasteiger partial charge is 0.316 e. The molecule has 1 aromatic carbocycles. The molecule has 1 aliphatic carbocycles. The van der Waals surface area contributed by atoms with Crippen molar-refractivity contribution in [3.63, 3.8) is 0 Å². The molecule has 19 heavy (non-hydrogen) atoms. The van der Waals surface area contributed by atoms with Crippen LogP contribution < -0.4 is 5.32 Å². The molecule has 1 aliphatic rings. The highest BCUT2D eigenvalue weighted by Crippen LogP contribution is 2.39. The summed E-state index contributed by atoms with van der Waals surface area (Å²) < 4.78 is 0. The highest BCUT2D eigenvalue weighted by atomic mass is 14.9. The summed E-state index contributed by atoms with van der Waals surface area (Å²) in [5.74, 6) is 1.61. The zero-order valence-electron chi connectivity index (χ0n) is 12.8. The molecule has 0 amide bonds. The Hall–Kier alpha value is -0.820. The van der Waals surface area contributed by atoms with Crippen LogP contribution in [-0.2, 0) is 0 Å². The predicted molar refractivity (Wildman–Crippen MR) is 83.8 cm³/mol. The smallest absolute Gasteiger partial charge is 0.00147 e. The molecule has 2 unspecified atom stereocenters. The van der Waals surface area contributed by atoms with Gasteiger partial charge in [-0.05, 0) is 69.2 Å². The van der Waals surface area contributed by atoms with E-state index in [-0.39, 0.29) is 0 Å². The van der Waals surface area contributed by atoms with Crippen molar-refractivity contribution >= 4 is 0 Å².